The number of likely N-dealkylation sites (tertiary alicyclic amines) is 1. The molecular formula is C16H30N2O2. The van der Waals surface area contributed by atoms with Gasteiger partial charge in [0.05, 0.1) is 0 Å². The van der Waals surface area contributed by atoms with Crippen molar-refractivity contribution >= 4 is 6.03 Å². The van der Waals surface area contributed by atoms with E-state index in [1.54, 1.807) is 0 Å². The molecule has 0 aromatic carbocycles. The molecule has 2 amide bonds. The van der Waals surface area contributed by atoms with Gasteiger partial charge >= 0.3 is 6.03 Å². The molecule has 0 aromatic heterocycles. The van der Waals surface area contributed by atoms with E-state index in [1.807, 2.05) is 0 Å². The summed E-state index contributed by atoms with van der Waals surface area (Å²) in [5.41, 5.74) is -0.0349. The first-order valence-corrected chi connectivity index (χ1v) is 8.19. The number of urea groups is 1. The maximum Gasteiger partial charge on any atom is 0.317 e. The fourth-order valence-corrected chi connectivity index (χ4v) is 3.30. The van der Waals surface area contributed by atoms with Gasteiger partial charge in [-0.2, -0.15) is 0 Å². The largest absolute Gasteiger partial charge is 0.396 e. The number of rotatable bonds is 6. The van der Waals surface area contributed by atoms with Crippen molar-refractivity contribution in [1.29, 1.82) is 0 Å². The fourth-order valence-electron chi connectivity index (χ4n) is 3.30. The summed E-state index contributed by atoms with van der Waals surface area (Å²) in [5.74, 6) is 0.761. The van der Waals surface area contributed by atoms with Crippen molar-refractivity contribution in [2.75, 3.05) is 19.7 Å². The minimum Gasteiger partial charge on any atom is -0.396 e. The van der Waals surface area contributed by atoms with Crippen LogP contribution < -0.4 is 5.32 Å². The van der Waals surface area contributed by atoms with Crippen LogP contribution in [-0.2, 0) is 0 Å². The number of aliphatic hydroxyl groups excluding tert-OH is 1. The van der Waals surface area contributed by atoms with Crippen molar-refractivity contribution in [3.05, 3.63) is 0 Å². The number of carbonyl (C=O) groups excluding carboxylic acids is 1. The summed E-state index contributed by atoms with van der Waals surface area (Å²) in [6.45, 7) is 5.96. The summed E-state index contributed by atoms with van der Waals surface area (Å²) in [5, 5.41) is 12.3. The molecule has 1 saturated heterocycles. The van der Waals surface area contributed by atoms with Gasteiger partial charge in [-0.05, 0) is 49.9 Å². The zero-order valence-electron chi connectivity index (χ0n) is 13.0. The first-order chi connectivity index (χ1) is 9.53. The second-order valence-electron chi connectivity index (χ2n) is 7.25. The molecule has 116 valence electrons. The van der Waals surface area contributed by atoms with Crippen molar-refractivity contribution in [1.82, 2.24) is 10.2 Å². The summed E-state index contributed by atoms with van der Waals surface area (Å²) in [6.07, 6.45) is 8.17. The van der Waals surface area contributed by atoms with Crippen molar-refractivity contribution < 1.29 is 9.90 Å². The van der Waals surface area contributed by atoms with Crippen LogP contribution in [-0.4, -0.2) is 41.8 Å². The molecule has 1 saturated carbocycles. The summed E-state index contributed by atoms with van der Waals surface area (Å²) in [6, 6.07) is 0.624. The Morgan fingerprint density at radius 2 is 2.05 bits per heavy atom. The Balaban J connectivity index is 1.69. The molecule has 0 radical (unpaired) electrons. The molecule has 0 spiro atoms. The number of hydrogen-bond acceptors (Lipinski definition) is 2. The van der Waals surface area contributed by atoms with Gasteiger partial charge in [-0.25, -0.2) is 4.79 Å². The highest BCUT2D eigenvalue weighted by Gasteiger charge is 2.37. The Bertz CT molecular complexity index is 326. The van der Waals surface area contributed by atoms with E-state index in [4.69, 9.17) is 0 Å². The van der Waals surface area contributed by atoms with Crippen LogP contribution in [0, 0.1) is 11.3 Å². The van der Waals surface area contributed by atoms with Gasteiger partial charge in [-0.3, -0.25) is 0 Å². The van der Waals surface area contributed by atoms with E-state index in [2.05, 4.69) is 24.1 Å². The first-order valence-electron chi connectivity index (χ1n) is 8.19. The average Bonchev–Trinajstić information content (AvgIpc) is 2.81. The Morgan fingerprint density at radius 3 is 2.65 bits per heavy atom. The molecular weight excluding hydrogens is 252 g/mol. The van der Waals surface area contributed by atoms with Crippen molar-refractivity contribution in [2.45, 2.75) is 64.8 Å². The predicted octanol–water partition coefficient (Wildman–Crippen LogP) is 2.76. The lowest BCUT2D eigenvalue weighted by molar-refractivity contribution is 0.136. The predicted molar refractivity (Wildman–Crippen MR) is 80.6 cm³/mol. The molecule has 4 nitrogen and oxygen atoms in total. The second kappa shape index (κ2) is 6.79. The van der Waals surface area contributed by atoms with Gasteiger partial charge in [-0.1, -0.05) is 20.3 Å². The van der Waals surface area contributed by atoms with Gasteiger partial charge in [0.15, 0.2) is 0 Å². The summed E-state index contributed by atoms with van der Waals surface area (Å²) in [4.78, 5) is 14.3. The van der Waals surface area contributed by atoms with E-state index in [0.717, 1.165) is 38.3 Å². The lowest BCUT2D eigenvalue weighted by Gasteiger charge is -2.37. The van der Waals surface area contributed by atoms with Crippen LogP contribution in [0.4, 0.5) is 4.79 Å². The van der Waals surface area contributed by atoms with Crippen LogP contribution >= 0.6 is 0 Å². The Morgan fingerprint density at radius 1 is 1.30 bits per heavy atom. The quantitative estimate of drug-likeness (QED) is 0.736. The molecule has 1 aliphatic heterocycles. The van der Waals surface area contributed by atoms with E-state index < -0.39 is 0 Å². The molecule has 4 heteroatoms. The van der Waals surface area contributed by atoms with E-state index in [1.165, 1.54) is 25.7 Å². The van der Waals surface area contributed by atoms with Gasteiger partial charge < -0.3 is 15.3 Å². The highest BCUT2D eigenvalue weighted by atomic mass is 16.3. The second-order valence-corrected chi connectivity index (χ2v) is 7.25. The molecule has 1 heterocycles. The molecule has 1 aliphatic carbocycles. The molecule has 1 unspecified atom stereocenters. The van der Waals surface area contributed by atoms with E-state index in [-0.39, 0.29) is 18.1 Å². The smallest absolute Gasteiger partial charge is 0.317 e. The van der Waals surface area contributed by atoms with Gasteiger partial charge in [0.1, 0.15) is 0 Å². The van der Waals surface area contributed by atoms with Crippen LogP contribution in [0.15, 0.2) is 0 Å². The number of amides is 2. The normalized spacial score (nSPS) is 23.8. The maximum atomic E-state index is 12.3. The van der Waals surface area contributed by atoms with Gasteiger partial charge in [0.25, 0.3) is 0 Å². The minimum atomic E-state index is -0.0349. The van der Waals surface area contributed by atoms with Crippen LogP contribution in [0.3, 0.4) is 0 Å². The van der Waals surface area contributed by atoms with Crippen LogP contribution in [0.2, 0.25) is 0 Å². The van der Waals surface area contributed by atoms with E-state index in [0.29, 0.717) is 6.04 Å². The van der Waals surface area contributed by atoms with Gasteiger partial charge in [0, 0.05) is 25.7 Å². The Hall–Kier alpha value is -0.770. The number of nitrogens with zero attached hydrogens (tertiary/aromatic N) is 1. The third-order valence-electron chi connectivity index (χ3n) is 4.99. The third kappa shape index (κ3) is 3.87. The monoisotopic (exact) mass is 282 g/mol. The molecule has 2 fully saturated rings. The zero-order chi connectivity index (χ0) is 14.6. The van der Waals surface area contributed by atoms with Crippen LogP contribution in [0.1, 0.15) is 58.8 Å². The van der Waals surface area contributed by atoms with Crippen LogP contribution in [0.5, 0.6) is 0 Å². The summed E-state index contributed by atoms with van der Waals surface area (Å²) in [7, 11) is 0. The summed E-state index contributed by atoms with van der Waals surface area (Å²) < 4.78 is 0. The zero-order valence-corrected chi connectivity index (χ0v) is 13.0. The minimum absolute atomic E-state index is 0.0349. The first kappa shape index (κ1) is 15.6. The van der Waals surface area contributed by atoms with Crippen molar-refractivity contribution in [2.24, 2.45) is 11.3 Å². The molecule has 2 rings (SSSR count). The lowest BCUT2D eigenvalue weighted by Crippen LogP contribution is -2.47. The number of aliphatic hydroxyl groups is 1. The third-order valence-corrected chi connectivity index (χ3v) is 4.99. The van der Waals surface area contributed by atoms with E-state index >= 15 is 0 Å². The fraction of sp³-hybridized carbons (Fsp3) is 0.938. The molecule has 2 N–H and O–H groups in total. The van der Waals surface area contributed by atoms with Crippen molar-refractivity contribution in [3.63, 3.8) is 0 Å². The highest BCUT2D eigenvalue weighted by molar-refractivity contribution is 5.74. The van der Waals surface area contributed by atoms with E-state index in [9.17, 15) is 9.90 Å². The Kier molecular flexibility index (Phi) is 5.30. The lowest BCUT2D eigenvalue weighted by atomic mass is 9.79. The maximum absolute atomic E-state index is 12.3. The molecule has 0 aromatic rings. The van der Waals surface area contributed by atoms with Crippen molar-refractivity contribution in [3.8, 4) is 0 Å². The highest BCUT2D eigenvalue weighted by Crippen LogP contribution is 2.37. The standard InChI is InChI=1S/C16H30N2O2/c1-16(2,12-19)9-5-10-17-15(20)18-11-4-8-14(18)13-6-3-7-13/h13-14,19H,3-12H2,1-2H3,(H,17,20). The number of nitrogens with one attached hydrogen (secondary N) is 1. The van der Waals surface area contributed by atoms with Gasteiger partial charge in [0.2, 0.25) is 0 Å². The average molecular weight is 282 g/mol. The number of hydrogen-bond donors (Lipinski definition) is 2. The Labute approximate surface area is 122 Å². The SMILES string of the molecule is CC(C)(CO)CCCNC(=O)N1CCCC1C1CCC1. The molecule has 20 heavy (non-hydrogen) atoms. The van der Waals surface area contributed by atoms with Crippen LogP contribution in [0.25, 0.3) is 0 Å². The molecule has 1 atom stereocenters. The number of carbonyl (C=O) groups is 1. The molecule has 2 aliphatic rings. The van der Waals surface area contributed by atoms with Gasteiger partial charge in [-0.15, -0.1) is 0 Å². The topological polar surface area (TPSA) is 52.6 Å². The molecule has 0 bridgehead atoms. The summed E-state index contributed by atoms with van der Waals surface area (Å²) >= 11 is 0.